The average Bonchev–Trinajstić information content (AvgIpc) is 2.96. The van der Waals surface area contributed by atoms with Crippen LogP contribution in [0, 0.1) is 0 Å². The minimum absolute atomic E-state index is 0.00213. The quantitative estimate of drug-likeness (QED) is 0.709. The lowest BCUT2D eigenvalue weighted by molar-refractivity contribution is -0.122. The number of para-hydroxylation sites is 1. The highest BCUT2D eigenvalue weighted by Crippen LogP contribution is 2.28. The summed E-state index contributed by atoms with van der Waals surface area (Å²) in [6.07, 6.45) is -0.714. The third-order valence-corrected chi connectivity index (χ3v) is 5.19. The van der Waals surface area contributed by atoms with Gasteiger partial charge in [0.05, 0.1) is 15.1 Å². The maximum absolute atomic E-state index is 12.2. The minimum atomic E-state index is -3.78. The predicted octanol–water partition coefficient (Wildman–Crippen LogP) is 2.35. The van der Waals surface area contributed by atoms with Crippen LogP contribution in [0.5, 0.6) is 5.75 Å². The normalized spacial score (nSPS) is 12.7. The molecule has 1 aromatic heterocycles. The first-order valence-electron chi connectivity index (χ1n) is 7.29. The van der Waals surface area contributed by atoms with Crippen molar-refractivity contribution in [2.45, 2.75) is 17.9 Å². The first-order chi connectivity index (χ1) is 11.8. The van der Waals surface area contributed by atoms with E-state index in [4.69, 9.17) is 9.88 Å². The van der Waals surface area contributed by atoms with Crippen molar-refractivity contribution in [2.24, 2.45) is 5.14 Å². The Morgan fingerprint density at radius 3 is 2.64 bits per heavy atom. The van der Waals surface area contributed by atoms with Crippen molar-refractivity contribution in [3.05, 3.63) is 48.5 Å². The molecule has 1 heterocycles. The molecule has 9 heteroatoms. The molecule has 1 amide bonds. The van der Waals surface area contributed by atoms with Gasteiger partial charge >= 0.3 is 0 Å². The van der Waals surface area contributed by atoms with Crippen LogP contribution in [0.1, 0.15) is 6.92 Å². The summed E-state index contributed by atoms with van der Waals surface area (Å²) in [5.74, 6) is 0.238. The van der Waals surface area contributed by atoms with E-state index in [2.05, 4.69) is 10.3 Å². The van der Waals surface area contributed by atoms with Crippen LogP contribution < -0.4 is 15.2 Å². The van der Waals surface area contributed by atoms with Crippen molar-refractivity contribution in [1.29, 1.82) is 0 Å². The summed E-state index contributed by atoms with van der Waals surface area (Å²) < 4.78 is 29.0. The van der Waals surface area contributed by atoms with Gasteiger partial charge in [-0.05, 0) is 37.3 Å². The van der Waals surface area contributed by atoms with Gasteiger partial charge in [0.15, 0.2) is 11.2 Å². The van der Waals surface area contributed by atoms with E-state index in [-0.39, 0.29) is 10.8 Å². The Kier molecular flexibility index (Phi) is 4.71. The van der Waals surface area contributed by atoms with E-state index in [1.165, 1.54) is 12.1 Å². The number of primary sulfonamides is 1. The molecule has 3 aromatic rings. The van der Waals surface area contributed by atoms with E-state index in [1.54, 1.807) is 25.1 Å². The molecular formula is C16H15N3O4S2. The molecule has 0 spiro atoms. The number of rotatable bonds is 5. The zero-order valence-corrected chi connectivity index (χ0v) is 14.8. The number of fused-ring (bicyclic) bond motifs is 1. The summed E-state index contributed by atoms with van der Waals surface area (Å²) >= 11 is 1.16. The summed E-state index contributed by atoms with van der Waals surface area (Å²) in [5, 5.41) is 8.15. The van der Waals surface area contributed by atoms with Crippen LogP contribution in [-0.4, -0.2) is 25.4 Å². The van der Waals surface area contributed by atoms with Crippen molar-refractivity contribution >= 4 is 42.6 Å². The van der Waals surface area contributed by atoms with Crippen molar-refractivity contribution in [3.63, 3.8) is 0 Å². The molecule has 7 nitrogen and oxygen atoms in total. The number of carbonyl (C=O) groups is 1. The number of benzene rings is 2. The molecule has 0 saturated heterocycles. The van der Waals surface area contributed by atoms with E-state index >= 15 is 0 Å². The largest absolute Gasteiger partial charge is 0.481 e. The second-order valence-electron chi connectivity index (χ2n) is 5.26. The maximum Gasteiger partial charge on any atom is 0.266 e. The average molecular weight is 377 g/mol. The number of anilines is 1. The molecule has 0 aliphatic rings. The Labute approximate surface area is 148 Å². The van der Waals surface area contributed by atoms with E-state index in [1.807, 2.05) is 18.2 Å². The third-order valence-electron chi connectivity index (χ3n) is 3.34. The number of amides is 1. The standard InChI is InChI=1S/C16H15N3O4S2/c1-10(23-11-5-3-2-4-6-11)15(20)19-16-18-13-8-7-12(25(17,21)22)9-14(13)24-16/h2-10H,1H3,(H2,17,21,22)(H,18,19,20)/t10-/m1/s1. The monoisotopic (exact) mass is 377 g/mol. The van der Waals surface area contributed by atoms with Crippen LogP contribution in [0.4, 0.5) is 5.13 Å². The maximum atomic E-state index is 12.2. The SMILES string of the molecule is C[C@@H](Oc1ccccc1)C(=O)Nc1nc2ccc(S(N)(=O)=O)cc2s1. The number of nitrogens with zero attached hydrogens (tertiary/aromatic N) is 1. The molecule has 25 heavy (non-hydrogen) atoms. The summed E-state index contributed by atoms with van der Waals surface area (Å²) in [7, 11) is -3.78. The molecule has 0 aliphatic heterocycles. The van der Waals surface area contributed by atoms with Crippen LogP contribution in [0.25, 0.3) is 10.2 Å². The number of sulfonamides is 1. The number of hydrogen-bond acceptors (Lipinski definition) is 6. The predicted molar refractivity (Wildman–Crippen MR) is 96.2 cm³/mol. The van der Waals surface area contributed by atoms with Crippen LogP contribution in [0.2, 0.25) is 0 Å². The molecule has 130 valence electrons. The number of aromatic nitrogens is 1. The summed E-state index contributed by atoms with van der Waals surface area (Å²) in [4.78, 5) is 16.5. The van der Waals surface area contributed by atoms with Gasteiger partial charge in [0.1, 0.15) is 5.75 Å². The summed E-state index contributed by atoms with van der Waals surface area (Å²) in [6.45, 7) is 1.63. The Morgan fingerprint density at radius 2 is 1.96 bits per heavy atom. The molecule has 0 radical (unpaired) electrons. The van der Waals surface area contributed by atoms with Gasteiger partial charge in [-0.25, -0.2) is 18.5 Å². The van der Waals surface area contributed by atoms with Crippen molar-refractivity contribution in [2.75, 3.05) is 5.32 Å². The number of nitrogens with one attached hydrogen (secondary N) is 1. The van der Waals surface area contributed by atoms with Gasteiger partial charge in [-0.1, -0.05) is 29.5 Å². The van der Waals surface area contributed by atoms with Gasteiger partial charge in [-0.3, -0.25) is 10.1 Å². The number of carbonyl (C=O) groups excluding carboxylic acids is 1. The molecule has 0 fully saturated rings. The van der Waals surface area contributed by atoms with Crippen LogP contribution in [-0.2, 0) is 14.8 Å². The van der Waals surface area contributed by atoms with Gasteiger partial charge in [-0.15, -0.1) is 0 Å². The zero-order valence-electron chi connectivity index (χ0n) is 13.2. The van der Waals surface area contributed by atoms with Crippen molar-refractivity contribution < 1.29 is 17.9 Å². The summed E-state index contributed by atoms with van der Waals surface area (Å²) in [5.41, 5.74) is 0.573. The van der Waals surface area contributed by atoms with E-state index in [0.29, 0.717) is 21.1 Å². The Morgan fingerprint density at radius 1 is 1.24 bits per heavy atom. The molecule has 3 N–H and O–H groups in total. The highest BCUT2D eigenvalue weighted by atomic mass is 32.2. The molecule has 0 unspecified atom stereocenters. The Bertz CT molecular complexity index is 1020. The van der Waals surface area contributed by atoms with Crippen LogP contribution in [0.3, 0.4) is 0 Å². The zero-order chi connectivity index (χ0) is 18.0. The van der Waals surface area contributed by atoms with E-state index in [9.17, 15) is 13.2 Å². The summed E-state index contributed by atoms with van der Waals surface area (Å²) in [6, 6.07) is 13.4. The van der Waals surface area contributed by atoms with E-state index in [0.717, 1.165) is 11.3 Å². The fourth-order valence-corrected chi connectivity index (χ4v) is 3.62. The first-order valence-corrected chi connectivity index (χ1v) is 9.65. The molecule has 0 bridgehead atoms. The molecule has 0 aliphatic carbocycles. The lowest BCUT2D eigenvalue weighted by Crippen LogP contribution is -2.30. The van der Waals surface area contributed by atoms with Gasteiger partial charge in [0.25, 0.3) is 5.91 Å². The third kappa shape index (κ3) is 4.13. The molecule has 1 atom stereocenters. The van der Waals surface area contributed by atoms with Crippen molar-refractivity contribution in [1.82, 2.24) is 4.98 Å². The van der Waals surface area contributed by atoms with Gasteiger partial charge in [-0.2, -0.15) is 0 Å². The van der Waals surface area contributed by atoms with Gasteiger partial charge in [0, 0.05) is 0 Å². The number of nitrogens with two attached hydrogens (primary N) is 1. The molecule has 0 saturated carbocycles. The lowest BCUT2D eigenvalue weighted by Gasteiger charge is -2.13. The number of hydrogen-bond donors (Lipinski definition) is 2. The number of thiazole rings is 1. The van der Waals surface area contributed by atoms with Crippen molar-refractivity contribution in [3.8, 4) is 5.75 Å². The lowest BCUT2D eigenvalue weighted by atomic mass is 10.3. The van der Waals surface area contributed by atoms with E-state index < -0.39 is 16.1 Å². The topological polar surface area (TPSA) is 111 Å². The van der Waals surface area contributed by atoms with Gasteiger partial charge in [0.2, 0.25) is 10.0 Å². The second-order valence-corrected chi connectivity index (χ2v) is 7.85. The Balaban J connectivity index is 1.75. The van der Waals surface area contributed by atoms with Crippen LogP contribution >= 0.6 is 11.3 Å². The molecule has 2 aromatic carbocycles. The Hall–Kier alpha value is -2.49. The number of ether oxygens (including phenoxy) is 1. The second kappa shape index (κ2) is 6.79. The van der Waals surface area contributed by atoms with Crippen LogP contribution in [0.15, 0.2) is 53.4 Å². The first kappa shape index (κ1) is 17.3. The highest BCUT2D eigenvalue weighted by molar-refractivity contribution is 7.89. The van der Waals surface area contributed by atoms with Gasteiger partial charge < -0.3 is 4.74 Å². The minimum Gasteiger partial charge on any atom is -0.481 e. The molecular weight excluding hydrogens is 362 g/mol. The highest BCUT2D eigenvalue weighted by Gasteiger charge is 2.17. The fourth-order valence-electron chi connectivity index (χ4n) is 2.10. The fraction of sp³-hybridized carbons (Fsp3) is 0.125. The molecule has 3 rings (SSSR count). The smallest absolute Gasteiger partial charge is 0.266 e.